The van der Waals surface area contributed by atoms with Crippen LogP contribution in [-0.4, -0.2) is 14.3 Å². The summed E-state index contributed by atoms with van der Waals surface area (Å²) in [6.07, 6.45) is 0. The van der Waals surface area contributed by atoms with Crippen LogP contribution in [-0.2, 0) is 10.3 Å². The number of hydrogen-bond donors (Lipinski definition) is 1. The third-order valence-corrected chi connectivity index (χ3v) is 3.29. The Morgan fingerprint density at radius 3 is 2.79 bits per heavy atom. The number of benzene rings is 1. The van der Waals surface area contributed by atoms with Crippen LogP contribution in [0.4, 0.5) is 0 Å². The van der Waals surface area contributed by atoms with Crippen molar-refractivity contribution in [3.63, 3.8) is 0 Å². The fourth-order valence-electron chi connectivity index (χ4n) is 1.07. The maximum atomic E-state index is 11.3. The lowest BCUT2D eigenvalue weighted by Crippen LogP contribution is -2.38. The molecular weight excluding hydrogens is 321 g/mol. The van der Waals surface area contributed by atoms with Crippen molar-refractivity contribution in [3.05, 3.63) is 27.3 Å². The lowest BCUT2D eigenvalue weighted by molar-refractivity contribution is 0.0970. The number of fused-ring (bicyclic) bond motifs is 1. The minimum Gasteiger partial charge on any atom is -0.365 e. The van der Waals surface area contributed by atoms with Crippen molar-refractivity contribution in [2.24, 2.45) is 0 Å². The Morgan fingerprint density at radius 1 is 1.36 bits per heavy atom. The van der Waals surface area contributed by atoms with Gasteiger partial charge in [0, 0.05) is 0 Å². The van der Waals surface area contributed by atoms with E-state index in [0.717, 1.165) is 0 Å². The predicted molar refractivity (Wildman–Crippen MR) is 56.2 cm³/mol. The van der Waals surface area contributed by atoms with E-state index in [1.807, 2.05) is 22.6 Å². The molecule has 1 heterocycles. The van der Waals surface area contributed by atoms with E-state index >= 15 is 0 Å². The second-order valence-electron chi connectivity index (χ2n) is 2.59. The Morgan fingerprint density at radius 2 is 2.07 bits per heavy atom. The Kier molecular flexibility index (Phi) is 2.14. The highest BCUT2D eigenvalue weighted by Crippen LogP contribution is 2.29. The summed E-state index contributed by atoms with van der Waals surface area (Å²) in [5.74, 6) is -0.568. The number of hydrogen-bond acceptors (Lipinski definition) is 4. The van der Waals surface area contributed by atoms with Gasteiger partial charge < -0.3 is 4.18 Å². The zero-order valence-corrected chi connectivity index (χ0v) is 9.63. The van der Waals surface area contributed by atoms with Crippen LogP contribution in [0.3, 0.4) is 0 Å². The number of halogens is 1. The second kappa shape index (κ2) is 3.09. The van der Waals surface area contributed by atoms with Gasteiger partial charge in [0.25, 0.3) is 5.91 Å². The fraction of sp³-hybridized carbons (Fsp3) is 0. The average molecular weight is 325 g/mol. The van der Waals surface area contributed by atoms with Gasteiger partial charge in [-0.2, -0.15) is 8.42 Å². The van der Waals surface area contributed by atoms with E-state index in [0.29, 0.717) is 3.57 Å². The number of nitrogens with one attached hydrogen (secondary N) is 1. The summed E-state index contributed by atoms with van der Waals surface area (Å²) < 4.78 is 29.0. The molecular formula is C7H4INO4S. The van der Waals surface area contributed by atoms with E-state index in [9.17, 15) is 13.2 Å². The van der Waals surface area contributed by atoms with Crippen LogP contribution in [0.15, 0.2) is 18.2 Å². The zero-order chi connectivity index (χ0) is 10.3. The molecule has 0 unspecified atom stereocenters. The van der Waals surface area contributed by atoms with Crippen LogP contribution >= 0.6 is 22.6 Å². The van der Waals surface area contributed by atoms with E-state index in [1.165, 1.54) is 6.07 Å². The molecule has 7 heteroatoms. The van der Waals surface area contributed by atoms with Crippen molar-refractivity contribution in [1.29, 1.82) is 0 Å². The van der Waals surface area contributed by atoms with Crippen LogP contribution in [0.5, 0.6) is 5.75 Å². The molecule has 1 aliphatic heterocycles. The SMILES string of the molecule is O=C1NS(=O)(=O)Oc2c(I)cccc21. The van der Waals surface area contributed by atoms with Gasteiger partial charge in [-0.05, 0) is 34.7 Å². The molecule has 0 saturated carbocycles. The molecule has 2 rings (SSSR count). The van der Waals surface area contributed by atoms with Gasteiger partial charge >= 0.3 is 10.3 Å². The van der Waals surface area contributed by atoms with E-state index in [-0.39, 0.29) is 11.3 Å². The van der Waals surface area contributed by atoms with Gasteiger partial charge in [0.05, 0.1) is 9.13 Å². The molecule has 0 atom stereocenters. The summed E-state index contributed by atoms with van der Waals surface area (Å²) in [6.45, 7) is 0. The van der Waals surface area contributed by atoms with Gasteiger partial charge in [-0.25, -0.2) is 4.72 Å². The molecule has 74 valence electrons. The first-order chi connectivity index (χ1) is 6.49. The Bertz CT molecular complexity index is 510. The summed E-state index contributed by atoms with van der Waals surface area (Å²) in [7, 11) is -3.97. The molecule has 0 saturated heterocycles. The molecule has 0 fully saturated rings. The number of rotatable bonds is 0. The molecule has 0 aliphatic carbocycles. The maximum Gasteiger partial charge on any atom is 0.410 e. The van der Waals surface area contributed by atoms with E-state index < -0.39 is 16.2 Å². The molecule has 0 radical (unpaired) electrons. The summed E-state index contributed by atoms with van der Waals surface area (Å²) in [4.78, 5) is 11.3. The van der Waals surface area contributed by atoms with Crippen LogP contribution in [0.25, 0.3) is 0 Å². The monoisotopic (exact) mass is 325 g/mol. The third-order valence-electron chi connectivity index (χ3n) is 1.62. The lowest BCUT2D eigenvalue weighted by atomic mass is 10.2. The number of carbonyl (C=O) groups excluding carboxylic acids is 1. The molecule has 0 spiro atoms. The summed E-state index contributed by atoms with van der Waals surface area (Å²) in [5, 5.41) is 0. The number of amides is 1. The van der Waals surface area contributed by atoms with Crippen molar-refractivity contribution in [3.8, 4) is 5.75 Å². The summed E-state index contributed by atoms with van der Waals surface area (Å²) in [5.41, 5.74) is 0.228. The standard InChI is InChI=1S/C7H4INO4S/c8-5-3-1-2-4-6(5)13-14(11,12)9-7(4)10/h1-3H,(H,9,10). The average Bonchev–Trinajstić information content (AvgIpc) is 2.05. The van der Waals surface area contributed by atoms with E-state index in [4.69, 9.17) is 0 Å². The van der Waals surface area contributed by atoms with E-state index in [1.54, 1.807) is 16.9 Å². The van der Waals surface area contributed by atoms with Crippen LogP contribution < -0.4 is 8.91 Å². The molecule has 1 aromatic rings. The first-order valence-electron chi connectivity index (χ1n) is 3.55. The largest absolute Gasteiger partial charge is 0.410 e. The van der Waals surface area contributed by atoms with Gasteiger partial charge in [-0.15, -0.1) is 0 Å². The lowest BCUT2D eigenvalue weighted by Gasteiger charge is -2.17. The highest BCUT2D eigenvalue weighted by Gasteiger charge is 2.29. The minimum absolute atomic E-state index is 0.0943. The molecule has 0 aromatic heterocycles. The second-order valence-corrected chi connectivity index (χ2v) is 5.03. The van der Waals surface area contributed by atoms with Crippen molar-refractivity contribution in [1.82, 2.24) is 4.72 Å². The quantitative estimate of drug-likeness (QED) is 0.711. The van der Waals surface area contributed by atoms with Crippen molar-refractivity contribution < 1.29 is 17.4 Å². The molecule has 14 heavy (non-hydrogen) atoms. The van der Waals surface area contributed by atoms with Crippen molar-refractivity contribution >= 4 is 38.8 Å². The molecule has 1 amide bonds. The van der Waals surface area contributed by atoms with Gasteiger partial charge in [-0.3, -0.25) is 4.79 Å². The highest BCUT2D eigenvalue weighted by atomic mass is 127. The van der Waals surface area contributed by atoms with Crippen LogP contribution in [0.1, 0.15) is 10.4 Å². The molecule has 1 aliphatic rings. The highest BCUT2D eigenvalue weighted by molar-refractivity contribution is 14.1. The minimum atomic E-state index is -3.97. The third kappa shape index (κ3) is 1.57. The maximum absolute atomic E-state index is 11.3. The topological polar surface area (TPSA) is 72.5 Å². The van der Waals surface area contributed by atoms with Crippen molar-refractivity contribution in [2.45, 2.75) is 0 Å². The predicted octanol–water partition coefficient (Wildman–Crippen LogP) is 0.658. The molecule has 0 bridgehead atoms. The van der Waals surface area contributed by atoms with E-state index in [2.05, 4.69) is 4.18 Å². The Balaban J connectivity index is 2.68. The van der Waals surface area contributed by atoms with Crippen molar-refractivity contribution in [2.75, 3.05) is 0 Å². The smallest absolute Gasteiger partial charge is 0.365 e. The Hall–Kier alpha value is -0.830. The Labute approximate surface area is 93.8 Å². The number of para-hydroxylation sites is 1. The molecule has 1 aromatic carbocycles. The molecule has 5 nitrogen and oxygen atoms in total. The first-order valence-corrected chi connectivity index (χ1v) is 6.03. The first kappa shape index (κ1) is 9.71. The van der Waals surface area contributed by atoms with Crippen LogP contribution in [0, 0.1) is 3.57 Å². The zero-order valence-electron chi connectivity index (χ0n) is 6.65. The van der Waals surface area contributed by atoms with Gasteiger partial charge in [-0.1, -0.05) is 6.07 Å². The summed E-state index contributed by atoms with van der Waals surface area (Å²) >= 11 is 1.90. The van der Waals surface area contributed by atoms with Gasteiger partial charge in [0.1, 0.15) is 0 Å². The molecule has 1 N–H and O–H groups in total. The van der Waals surface area contributed by atoms with Gasteiger partial charge in [0.15, 0.2) is 5.75 Å². The van der Waals surface area contributed by atoms with Gasteiger partial charge in [0.2, 0.25) is 0 Å². The summed E-state index contributed by atoms with van der Waals surface area (Å²) in [6, 6.07) is 4.82. The normalized spacial score (nSPS) is 17.9. The van der Waals surface area contributed by atoms with Crippen LogP contribution in [0.2, 0.25) is 0 Å². The fourth-order valence-corrected chi connectivity index (χ4v) is 2.61. The number of carbonyl (C=O) groups is 1.